The molecule has 0 saturated heterocycles. The third-order valence-corrected chi connectivity index (χ3v) is 2.46. The summed E-state index contributed by atoms with van der Waals surface area (Å²) in [7, 11) is -3.30. The van der Waals surface area contributed by atoms with Gasteiger partial charge in [-0.25, -0.2) is 8.42 Å². The largest absolute Gasteiger partial charge is 0.415 e. The molecule has 6 heteroatoms. The van der Waals surface area contributed by atoms with E-state index in [2.05, 4.69) is 14.6 Å². The average molecular weight is 162 g/mol. The number of hydrogen-bond acceptors (Lipinski definition) is 5. The molecule has 1 rings (SSSR count). The Morgan fingerprint density at radius 1 is 1.70 bits per heavy atom. The Balaban J connectivity index is 3.09. The molecule has 0 radical (unpaired) electrons. The van der Waals surface area contributed by atoms with E-state index in [0.717, 1.165) is 6.39 Å². The van der Waals surface area contributed by atoms with E-state index in [-0.39, 0.29) is 11.0 Å². The minimum atomic E-state index is -3.30. The molecule has 0 atom stereocenters. The van der Waals surface area contributed by atoms with Crippen molar-refractivity contribution in [2.75, 3.05) is 5.75 Å². The fourth-order valence-electron chi connectivity index (χ4n) is 0.422. The maximum atomic E-state index is 10.9. The molecule has 0 spiro atoms. The van der Waals surface area contributed by atoms with Crippen molar-refractivity contribution >= 4 is 9.84 Å². The van der Waals surface area contributed by atoms with E-state index in [9.17, 15) is 8.42 Å². The van der Waals surface area contributed by atoms with Gasteiger partial charge in [-0.3, -0.25) is 0 Å². The van der Waals surface area contributed by atoms with E-state index in [4.69, 9.17) is 0 Å². The Labute approximate surface area is 58.0 Å². The van der Waals surface area contributed by atoms with Crippen LogP contribution in [0.4, 0.5) is 0 Å². The molecule has 0 aliphatic heterocycles. The molecule has 0 unspecified atom stereocenters. The van der Waals surface area contributed by atoms with Gasteiger partial charge in [0.2, 0.25) is 16.2 Å². The van der Waals surface area contributed by atoms with Crippen LogP contribution in [0, 0.1) is 0 Å². The van der Waals surface area contributed by atoms with Gasteiger partial charge in [0.1, 0.15) is 0 Å². The van der Waals surface area contributed by atoms with Crippen molar-refractivity contribution in [2.24, 2.45) is 0 Å². The second-order valence-corrected chi connectivity index (χ2v) is 3.76. The van der Waals surface area contributed by atoms with Crippen LogP contribution in [-0.4, -0.2) is 24.4 Å². The number of aromatic nitrogens is 2. The third kappa shape index (κ3) is 1.15. The Kier molecular flexibility index (Phi) is 1.71. The summed E-state index contributed by atoms with van der Waals surface area (Å²) in [5, 5.41) is 6.18. The fraction of sp³-hybridized carbons (Fsp3) is 0.500. The maximum Gasteiger partial charge on any atom is 0.335 e. The first kappa shape index (κ1) is 7.20. The quantitative estimate of drug-likeness (QED) is 0.605. The van der Waals surface area contributed by atoms with Gasteiger partial charge in [-0.2, -0.15) is 0 Å². The summed E-state index contributed by atoms with van der Waals surface area (Å²) < 4.78 is 26.2. The van der Waals surface area contributed by atoms with Gasteiger partial charge >= 0.3 is 5.22 Å². The number of hydrogen-bond donors (Lipinski definition) is 0. The van der Waals surface area contributed by atoms with Gasteiger partial charge in [0.05, 0.1) is 5.75 Å². The molecule has 56 valence electrons. The number of rotatable bonds is 2. The zero-order chi connectivity index (χ0) is 7.61. The molecule has 0 N–H and O–H groups in total. The lowest BCUT2D eigenvalue weighted by Gasteiger charge is -1.88. The Morgan fingerprint density at radius 3 is 2.80 bits per heavy atom. The maximum absolute atomic E-state index is 10.9. The highest BCUT2D eigenvalue weighted by Gasteiger charge is 2.16. The molecule has 0 saturated carbocycles. The summed E-state index contributed by atoms with van der Waals surface area (Å²) in [4.78, 5) is 0. The second kappa shape index (κ2) is 2.37. The lowest BCUT2D eigenvalue weighted by Crippen LogP contribution is -2.03. The lowest BCUT2D eigenvalue weighted by molar-refractivity contribution is 0.430. The second-order valence-electron chi connectivity index (χ2n) is 1.61. The van der Waals surface area contributed by atoms with Gasteiger partial charge < -0.3 is 4.42 Å². The summed E-state index contributed by atoms with van der Waals surface area (Å²) in [5.41, 5.74) is 0. The zero-order valence-corrected chi connectivity index (χ0v) is 6.13. The Bertz CT molecular complexity index is 288. The van der Waals surface area contributed by atoms with Crippen LogP contribution in [0.25, 0.3) is 0 Å². The van der Waals surface area contributed by atoms with Crippen molar-refractivity contribution < 1.29 is 12.8 Å². The number of sulfone groups is 1. The van der Waals surface area contributed by atoms with E-state index in [0.29, 0.717) is 0 Å². The van der Waals surface area contributed by atoms with Crippen molar-refractivity contribution in [3.05, 3.63) is 6.39 Å². The first-order chi connectivity index (χ1) is 4.67. The van der Waals surface area contributed by atoms with E-state index < -0.39 is 9.84 Å². The summed E-state index contributed by atoms with van der Waals surface area (Å²) in [6.07, 6.45) is 0.989. The summed E-state index contributed by atoms with van der Waals surface area (Å²) in [6.45, 7) is 1.51. The normalized spacial score (nSPS) is 11.7. The predicted octanol–water partition coefficient (Wildman–Crippen LogP) is -0.137. The van der Waals surface area contributed by atoms with Crippen molar-refractivity contribution in [2.45, 2.75) is 12.1 Å². The highest BCUT2D eigenvalue weighted by molar-refractivity contribution is 7.91. The molecule has 0 aromatic carbocycles. The molecule has 0 amide bonds. The van der Waals surface area contributed by atoms with E-state index in [1.54, 1.807) is 0 Å². The first-order valence-electron chi connectivity index (χ1n) is 2.65. The molecule has 0 bridgehead atoms. The topological polar surface area (TPSA) is 73.1 Å². The summed E-state index contributed by atoms with van der Waals surface area (Å²) in [6, 6.07) is 0. The van der Waals surface area contributed by atoms with Gasteiger partial charge in [-0.05, 0) is 0 Å². The SMILES string of the molecule is CCS(=O)(=O)c1nnco1. The minimum absolute atomic E-state index is 0.0187. The molecule has 0 aliphatic carbocycles. The van der Waals surface area contributed by atoms with E-state index >= 15 is 0 Å². The van der Waals surface area contributed by atoms with Crippen LogP contribution in [0.3, 0.4) is 0 Å². The van der Waals surface area contributed by atoms with E-state index in [1.807, 2.05) is 0 Å². The lowest BCUT2D eigenvalue weighted by atomic mass is 11.0. The van der Waals surface area contributed by atoms with Gasteiger partial charge in [0.15, 0.2) is 0 Å². The molecule has 0 fully saturated rings. The molecule has 1 heterocycles. The van der Waals surface area contributed by atoms with Crippen LogP contribution >= 0.6 is 0 Å². The highest BCUT2D eigenvalue weighted by atomic mass is 32.2. The zero-order valence-electron chi connectivity index (χ0n) is 5.31. The van der Waals surface area contributed by atoms with Crippen molar-refractivity contribution in [3.8, 4) is 0 Å². The average Bonchev–Trinajstić information content (AvgIpc) is 2.38. The predicted molar refractivity (Wildman–Crippen MR) is 32.0 cm³/mol. The van der Waals surface area contributed by atoms with Crippen molar-refractivity contribution in [3.63, 3.8) is 0 Å². The van der Waals surface area contributed by atoms with Crippen LogP contribution in [0.2, 0.25) is 0 Å². The monoisotopic (exact) mass is 162 g/mol. The number of nitrogens with zero attached hydrogens (tertiary/aromatic N) is 2. The van der Waals surface area contributed by atoms with Crippen LogP contribution in [0.1, 0.15) is 6.92 Å². The summed E-state index contributed by atoms with van der Waals surface area (Å²) >= 11 is 0. The van der Waals surface area contributed by atoms with Gasteiger partial charge in [-0.15, -0.1) is 5.10 Å². The fourth-order valence-corrected chi connectivity index (χ4v) is 1.03. The molecular weight excluding hydrogens is 156 g/mol. The highest BCUT2D eigenvalue weighted by Crippen LogP contribution is 2.03. The minimum Gasteiger partial charge on any atom is -0.415 e. The van der Waals surface area contributed by atoms with Crippen molar-refractivity contribution in [1.82, 2.24) is 10.2 Å². The van der Waals surface area contributed by atoms with Crippen LogP contribution < -0.4 is 0 Å². The van der Waals surface area contributed by atoms with E-state index in [1.165, 1.54) is 6.92 Å². The summed E-state index contributed by atoms with van der Waals surface area (Å²) in [5.74, 6) is -0.0187. The van der Waals surface area contributed by atoms with Crippen LogP contribution in [0.15, 0.2) is 16.0 Å². The molecular formula is C4H6N2O3S. The molecule has 0 aliphatic rings. The molecule has 10 heavy (non-hydrogen) atoms. The Morgan fingerprint density at radius 2 is 2.40 bits per heavy atom. The standard InChI is InChI=1S/C4H6N2O3S/c1-2-10(7,8)4-6-5-3-9-4/h3H,2H2,1H3. The van der Waals surface area contributed by atoms with Gasteiger partial charge in [0.25, 0.3) is 0 Å². The first-order valence-corrected chi connectivity index (χ1v) is 4.31. The van der Waals surface area contributed by atoms with Crippen LogP contribution in [-0.2, 0) is 9.84 Å². The van der Waals surface area contributed by atoms with Crippen LogP contribution in [0.5, 0.6) is 0 Å². The Hall–Kier alpha value is -0.910. The van der Waals surface area contributed by atoms with Gasteiger partial charge in [0, 0.05) is 0 Å². The van der Waals surface area contributed by atoms with Gasteiger partial charge in [-0.1, -0.05) is 12.0 Å². The third-order valence-electron chi connectivity index (χ3n) is 0.986. The molecule has 1 aromatic heterocycles. The molecule has 1 aromatic rings. The van der Waals surface area contributed by atoms with Crippen molar-refractivity contribution in [1.29, 1.82) is 0 Å². The molecule has 5 nitrogen and oxygen atoms in total. The smallest absolute Gasteiger partial charge is 0.335 e.